The highest BCUT2D eigenvalue weighted by Crippen LogP contribution is 2.25. The molecule has 0 spiro atoms. The van der Waals surface area contributed by atoms with Crippen LogP contribution in [0.15, 0.2) is 29.2 Å². The van der Waals surface area contributed by atoms with Gasteiger partial charge in [-0.3, -0.25) is 10.2 Å². The fourth-order valence-electron chi connectivity index (χ4n) is 2.37. The van der Waals surface area contributed by atoms with Gasteiger partial charge in [-0.1, -0.05) is 6.07 Å². The van der Waals surface area contributed by atoms with Gasteiger partial charge in [0, 0.05) is 12.5 Å². The Balaban J connectivity index is 1.96. The monoisotopic (exact) mass is 416 g/mol. The van der Waals surface area contributed by atoms with E-state index < -0.39 is 48.7 Å². The number of rotatable bonds is 6. The Labute approximate surface area is 147 Å². The van der Waals surface area contributed by atoms with Gasteiger partial charge in [-0.25, -0.2) is 16.8 Å². The van der Waals surface area contributed by atoms with E-state index in [2.05, 4.69) is 4.74 Å². The van der Waals surface area contributed by atoms with Crippen LogP contribution in [0, 0.1) is 5.92 Å². The second kappa shape index (κ2) is 7.40. The number of alkyl halides is 3. The van der Waals surface area contributed by atoms with Crippen molar-refractivity contribution in [2.45, 2.75) is 24.1 Å². The largest absolute Gasteiger partial charge is 0.573 e. The molecule has 1 fully saturated rings. The number of sulfonamides is 1. The van der Waals surface area contributed by atoms with Crippen LogP contribution in [0.25, 0.3) is 0 Å². The SMILES string of the molecule is O=C(CC1CCS(=O)(=O)C1)NNS(=O)(=O)c1cccc(OC(F)(F)F)c1. The number of benzene rings is 1. The molecule has 0 bridgehead atoms. The summed E-state index contributed by atoms with van der Waals surface area (Å²) >= 11 is 0. The molecule has 1 unspecified atom stereocenters. The molecule has 2 N–H and O–H groups in total. The average molecular weight is 416 g/mol. The highest BCUT2D eigenvalue weighted by atomic mass is 32.2. The van der Waals surface area contributed by atoms with Crippen molar-refractivity contribution < 1.29 is 39.5 Å². The number of hydrogen-bond acceptors (Lipinski definition) is 6. The fourth-order valence-corrected chi connectivity index (χ4v) is 5.12. The Bertz CT molecular complexity index is 883. The summed E-state index contributed by atoms with van der Waals surface area (Å²) in [6.07, 6.45) is -4.87. The second-order valence-corrected chi connectivity index (χ2v) is 9.56. The second-order valence-electron chi connectivity index (χ2n) is 5.65. The number of sulfone groups is 1. The van der Waals surface area contributed by atoms with Crippen LogP contribution in [0.3, 0.4) is 0 Å². The van der Waals surface area contributed by atoms with Crippen molar-refractivity contribution in [2.24, 2.45) is 5.92 Å². The normalized spacial score (nSPS) is 19.9. The molecule has 1 amide bonds. The van der Waals surface area contributed by atoms with E-state index in [0.717, 1.165) is 18.2 Å². The van der Waals surface area contributed by atoms with Gasteiger partial charge in [0.1, 0.15) is 5.75 Å². The van der Waals surface area contributed by atoms with Crippen molar-refractivity contribution in [3.63, 3.8) is 0 Å². The van der Waals surface area contributed by atoms with Crippen molar-refractivity contribution in [3.05, 3.63) is 24.3 Å². The third-order valence-electron chi connectivity index (χ3n) is 3.48. The van der Waals surface area contributed by atoms with Crippen LogP contribution < -0.4 is 15.0 Å². The van der Waals surface area contributed by atoms with Gasteiger partial charge in [0.05, 0.1) is 16.4 Å². The molecule has 0 aromatic heterocycles. The zero-order valence-corrected chi connectivity index (χ0v) is 14.7. The summed E-state index contributed by atoms with van der Waals surface area (Å²) in [6.45, 7) is 0. The number of halogens is 3. The van der Waals surface area contributed by atoms with Gasteiger partial charge in [-0.15, -0.1) is 18.0 Å². The minimum atomic E-state index is -4.98. The summed E-state index contributed by atoms with van der Waals surface area (Å²) < 4.78 is 86.9. The molecule has 0 saturated carbocycles. The van der Waals surface area contributed by atoms with Crippen molar-refractivity contribution in [1.29, 1.82) is 0 Å². The molecule has 1 saturated heterocycles. The summed E-state index contributed by atoms with van der Waals surface area (Å²) in [5, 5.41) is 0. The first-order chi connectivity index (χ1) is 11.9. The van der Waals surface area contributed by atoms with Gasteiger partial charge < -0.3 is 4.74 Å². The van der Waals surface area contributed by atoms with Crippen LogP contribution >= 0.6 is 0 Å². The quantitative estimate of drug-likeness (QED) is 0.660. The Morgan fingerprint density at radius 2 is 2.00 bits per heavy atom. The zero-order valence-electron chi connectivity index (χ0n) is 13.1. The minimum Gasteiger partial charge on any atom is -0.406 e. The number of ether oxygens (including phenoxy) is 1. The lowest BCUT2D eigenvalue weighted by atomic mass is 10.1. The van der Waals surface area contributed by atoms with E-state index in [1.807, 2.05) is 5.43 Å². The van der Waals surface area contributed by atoms with Gasteiger partial charge in [0.25, 0.3) is 10.0 Å². The summed E-state index contributed by atoms with van der Waals surface area (Å²) in [5.74, 6) is -2.07. The maximum absolute atomic E-state index is 12.2. The van der Waals surface area contributed by atoms with E-state index >= 15 is 0 Å². The molecule has 1 heterocycles. The average Bonchev–Trinajstić information content (AvgIpc) is 2.83. The van der Waals surface area contributed by atoms with Crippen molar-refractivity contribution in [3.8, 4) is 5.75 Å². The number of nitrogens with one attached hydrogen (secondary N) is 2. The lowest BCUT2D eigenvalue weighted by Gasteiger charge is -2.12. The van der Waals surface area contributed by atoms with Gasteiger partial charge in [-0.05, 0) is 24.5 Å². The summed E-state index contributed by atoms with van der Waals surface area (Å²) in [6, 6.07) is 3.62. The molecule has 1 aliphatic heterocycles. The Morgan fingerprint density at radius 1 is 1.31 bits per heavy atom. The fraction of sp³-hybridized carbons (Fsp3) is 0.462. The molecule has 0 radical (unpaired) electrons. The molecule has 0 aliphatic carbocycles. The van der Waals surface area contributed by atoms with E-state index in [-0.39, 0.29) is 17.9 Å². The van der Waals surface area contributed by atoms with Crippen LogP contribution in [0.2, 0.25) is 0 Å². The summed E-state index contributed by atoms with van der Waals surface area (Å²) in [5.41, 5.74) is 1.91. The first-order valence-corrected chi connectivity index (χ1v) is 10.5. The van der Waals surface area contributed by atoms with E-state index in [0.29, 0.717) is 12.5 Å². The Morgan fingerprint density at radius 3 is 2.58 bits per heavy atom. The molecular weight excluding hydrogens is 401 g/mol. The standard InChI is InChI=1S/C13H15F3N2O6S2/c14-13(15,16)24-10-2-1-3-11(7-10)26(22,23)18-17-12(19)6-9-4-5-25(20,21)8-9/h1-3,7,9,18H,4-6,8H2,(H,17,19). The zero-order chi connectivity index (χ0) is 19.6. The number of amides is 1. The Kier molecular flexibility index (Phi) is 5.82. The van der Waals surface area contributed by atoms with Crippen LogP contribution in [0.1, 0.15) is 12.8 Å². The van der Waals surface area contributed by atoms with E-state index in [1.165, 1.54) is 0 Å². The predicted octanol–water partition coefficient (Wildman–Crippen LogP) is 0.720. The van der Waals surface area contributed by atoms with Crippen molar-refractivity contribution in [2.75, 3.05) is 11.5 Å². The number of carbonyl (C=O) groups is 1. The van der Waals surface area contributed by atoms with Crippen LogP contribution in [-0.2, 0) is 24.7 Å². The van der Waals surface area contributed by atoms with Crippen molar-refractivity contribution >= 4 is 25.8 Å². The predicted molar refractivity (Wildman–Crippen MR) is 83.0 cm³/mol. The third-order valence-corrected chi connectivity index (χ3v) is 6.56. The topological polar surface area (TPSA) is 119 Å². The molecule has 146 valence electrons. The van der Waals surface area contributed by atoms with E-state index in [4.69, 9.17) is 0 Å². The van der Waals surface area contributed by atoms with E-state index in [9.17, 15) is 34.8 Å². The van der Waals surface area contributed by atoms with Gasteiger partial charge in [-0.2, -0.15) is 0 Å². The Hall–Kier alpha value is -1.86. The number of hydrazine groups is 1. The smallest absolute Gasteiger partial charge is 0.406 e. The molecule has 2 rings (SSSR count). The van der Waals surface area contributed by atoms with Crippen LogP contribution in [-0.4, -0.2) is 40.6 Å². The summed E-state index contributed by atoms with van der Waals surface area (Å²) in [7, 11) is -7.51. The first kappa shape index (κ1) is 20.5. The molecule has 1 aliphatic rings. The lowest BCUT2D eigenvalue weighted by molar-refractivity contribution is -0.274. The van der Waals surface area contributed by atoms with Gasteiger partial charge in [0.2, 0.25) is 5.91 Å². The molecule has 1 aromatic carbocycles. The summed E-state index contributed by atoms with van der Waals surface area (Å²) in [4.78, 5) is 12.9. The number of carbonyl (C=O) groups excluding carboxylic acids is 1. The van der Waals surface area contributed by atoms with Crippen LogP contribution in [0.4, 0.5) is 13.2 Å². The molecule has 1 aromatic rings. The highest BCUT2D eigenvalue weighted by Gasteiger charge is 2.32. The van der Waals surface area contributed by atoms with Gasteiger partial charge in [0.15, 0.2) is 9.84 Å². The molecule has 13 heteroatoms. The maximum atomic E-state index is 12.2. The molecule has 1 atom stereocenters. The van der Waals surface area contributed by atoms with E-state index in [1.54, 1.807) is 4.83 Å². The lowest BCUT2D eigenvalue weighted by Crippen LogP contribution is -2.42. The first-order valence-electron chi connectivity index (χ1n) is 7.23. The van der Waals surface area contributed by atoms with Crippen molar-refractivity contribution in [1.82, 2.24) is 10.3 Å². The molecular formula is C13H15F3N2O6S2. The van der Waals surface area contributed by atoms with Gasteiger partial charge >= 0.3 is 6.36 Å². The number of hydrogen-bond donors (Lipinski definition) is 2. The molecule has 26 heavy (non-hydrogen) atoms. The maximum Gasteiger partial charge on any atom is 0.573 e. The molecule has 8 nitrogen and oxygen atoms in total. The van der Waals surface area contributed by atoms with Crippen LogP contribution in [0.5, 0.6) is 5.75 Å². The highest BCUT2D eigenvalue weighted by molar-refractivity contribution is 7.91. The minimum absolute atomic E-state index is 0.0251. The third kappa shape index (κ3) is 6.14.